The van der Waals surface area contributed by atoms with Crippen molar-refractivity contribution in [1.29, 1.82) is 0 Å². The van der Waals surface area contributed by atoms with Gasteiger partial charge in [-0.2, -0.15) is 0 Å². The normalized spacial score (nSPS) is 14.0. The van der Waals surface area contributed by atoms with Crippen molar-refractivity contribution in [1.82, 2.24) is 15.0 Å². The lowest BCUT2D eigenvalue weighted by Gasteiger charge is -2.39. The van der Waals surface area contributed by atoms with Crippen LogP contribution in [0.3, 0.4) is 0 Å². The number of nitrogens with zero attached hydrogens (tertiary/aromatic N) is 5. The Morgan fingerprint density at radius 1 is 0.538 bits per heavy atom. The zero-order chi connectivity index (χ0) is 37.9. The Morgan fingerprint density at radius 3 is 1.54 bits per heavy atom. The molecule has 52 heavy (non-hydrogen) atoms. The van der Waals surface area contributed by atoms with E-state index in [1.165, 1.54) is 11.1 Å². The summed E-state index contributed by atoms with van der Waals surface area (Å²) in [6.45, 7) is 28.1. The number of allylic oxidation sites excluding steroid dienone is 2. The third-order valence-corrected chi connectivity index (χ3v) is 8.66. The van der Waals surface area contributed by atoms with Crippen LogP contribution in [0, 0.1) is 21.7 Å². The molecule has 276 valence electrons. The second kappa shape index (κ2) is 15.3. The average molecular weight is 698 g/mol. The number of rotatable bonds is 10. The molecule has 1 aliphatic heterocycles. The van der Waals surface area contributed by atoms with Crippen molar-refractivity contribution in [2.45, 2.75) is 109 Å². The highest BCUT2D eigenvalue weighted by Gasteiger charge is 2.27. The Hall–Kier alpha value is -4.38. The van der Waals surface area contributed by atoms with E-state index in [4.69, 9.17) is 9.97 Å². The molecule has 0 saturated carbocycles. The minimum absolute atomic E-state index is 0.126. The van der Waals surface area contributed by atoms with E-state index in [1.807, 2.05) is 0 Å². The Bertz CT molecular complexity index is 1750. The molecule has 5 heteroatoms. The lowest BCUT2D eigenvalue weighted by Crippen LogP contribution is -2.41. The molecule has 0 saturated heterocycles. The predicted octanol–water partition coefficient (Wildman–Crippen LogP) is 12.4. The van der Waals surface area contributed by atoms with Crippen molar-refractivity contribution in [2.24, 2.45) is 21.7 Å². The number of anilines is 4. The van der Waals surface area contributed by atoms with Crippen LogP contribution in [0.15, 0.2) is 109 Å². The highest BCUT2D eigenvalue weighted by Crippen LogP contribution is 2.36. The molecule has 4 aromatic rings. The first-order chi connectivity index (χ1) is 24.2. The van der Waals surface area contributed by atoms with E-state index in [2.05, 4.69) is 201 Å². The summed E-state index contributed by atoms with van der Waals surface area (Å²) in [7, 11) is 0. The molecule has 0 unspecified atom stereocenters. The Morgan fingerprint density at radius 2 is 1.00 bits per heavy atom. The molecule has 0 N–H and O–H groups in total. The van der Waals surface area contributed by atoms with Gasteiger partial charge < -0.3 is 0 Å². The zero-order valence-corrected chi connectivity index (χ0v) is 34.1. The van der Waals surface area contributed by atoms with Crippen LogP contribution in [-0.2, 0) is 25.7 Å². The third-order valence-electron chi connectivity index (χ3n) is 8.66. The molecule has 0 bridgehead atoms. The maximum atomic E-state index is 5.31. The van der Waals surface area contributed by atoms with Gasteiger partial charge in [-0.1, -0.05) is 119 Å². The van der Waals surface area contributed by atoms with Crippen molar-refractivity contribution in [2.75, 3.05) is 16.5 Å². The largest absolute Gasteiger partial charge is 0.297 e. The monoisotopic (exact) mass is 698 g/mol. The quantitative estimate of drug-likeness (QED) is 0.165. The van der Waals surface area contributed by atoms with Gasteiger partial charge in [-0.3, -0.25) is 9.91 Å². The van der Waals surface area contributed by atoms with Crippen molar-refractivity contribution in [3.05, 3.63) is 131 Å². The molecule has 0 fully saturated rings. The lowest BCUT2D eigenvalue weighted by molar-refractivity contribution is 0.396. The molecule has 3 heterocycles. The summed E-state index contributed by atoms with van der Waals surface area (Å²) in [5, 5.41) is 4.60. The Labute approximate surface area is 315 Å². The first-order valence-corrected chi connectivity index (χ1v) is 19.1. The fourth-order valence-corrected chi connectivity index (χ4v) is 6.95. The van der Waals surface area contributed by atoms with Gasteiger partial charge in [0, 0.05) is 29.0 Å². The Kier molecular flexibility index (Phi) is 11.4. The second-order valence-corrected chi connectivity index (χ2v) is 19.5. The number of benzene rings is 2. The van der Waals surface area contributed by atoms with Gasteiger partial charge in [-0.15, -0.1) is 0 Å². The fraction of sp³-hybridized carbons (Fsp3) is 0.447. The number of hydrogen-bond donors (Lipinski definition) is 0. The van der Waals surface area contributed by atoms with E-state index in [1.54, 1.807) is 0 Å². The van der Waals surface area contributed by atoms with Crippen LogP contribution in [0.4, 0.5) is 23.0 Å². The number of hydrazine groups is 1. The van der Waals surface area contributed by atoms with Gasteiger partial charge in [0.05, 0.1) is 12.2 Å². The minimum atomic E-state index is 0.126. The van der Waals surface area contributed by atoms with Crippen LogP contribution >= 0.6 is 0 Å². The standard InChI is InChI=1S/C47H63N5/c1-44(2,3)30-35-18-13-22-39(28-35)51(42-25-15-20-37(48-42)32-46(7,8)9)41-24-17-27-50(34-41)52(40-23-14-19-36(29-40)31-45(4,5)6)43-26-16-21-38(49-43)33-47(10,11)12/h13-29H,30-34H2,1-12H3. The SMILES string of the molecule is CC(C)(C)Cc1cccc(N(C2=CC=CN(N(c3cccc(CC(C)(C)C)c3)c3cccc(CC(C)(C)C)n3)C2)c2cccc(CC(C)(C)C)n2)c1. The molecule has 0 amide bonds. The highest BCUT2D eigenvalue weighted by molar-refractivity contribution is 5.68. The van der Waals surface area contributed by atoms with Crippen molar-refractivity contribution < 1.29 is 0 Å². The van der Waals surface area contributed by atoms with Crippen LogP contribution in [0.5, 0.6) is 0 Å². The van der Waals surface area contributed by atoms with Crippen LogP contribution < -0.4 is 9.91 Å². The maximum Gasteiger partial charge on any atom is 0.152 e. The molecule has 2 aromatic carbocycles. The predicted molar refractivity (Wildman–Crippen MR) is 222 cm³/mol. The van der Waals surface area contributed by atoms with E-state index in [-0.39, 0.29) is 21.7 Å². The number of aromatic nitrogens is 2. The van der Waals surface area contributed by atoms with Crippen LogP contribution in [-0.4, -0.2) is 21.5 Å². The second-order valence-electron chi connectivity index (χ2n) is 19.5. The summed E-state index contributed by atoms with van der Waals surface area (Å²) in [5.74, 6) is 1.84. The summed E-state index contributed by atoms with van der Waals surface area (Å²) in [4.78, 5) is 13.0. The van der Waals surface area contributed by atoms with E-state index >= 15 is 0 Å². The average Bonchev–Trinajstić information content (AvgIpc) is 2.99. The molecule has 0 spiro atoms. The van der Waals surface area contributed by atoms with E-state index in [0.717, 1.165) is 65.8 Å². The summed E-state index contributed by atoms with van der Waals surface area (Å²) in [5.41, 5.74) is 8.78. The molecule has 1 aliphatic rings. The summed E-state index contributed by atoms with van der Waals surface area (Å²) < 4.78 is 0. The highest BCUT2D eigenvalue weighted by atomic mass is 15.6. The van der Waals surface area contributed by atoms with E-state index < -0.39 is 0 Å². The van der Waals surface area contributed by atoms with Gasteiger partial charge in [-0.25, -0.2) is 15.0 Å². The van der Waals surface area contributed by atoms with E-state index in [0.29, 0.717) is 6.54 Å². The molecular weight excluding hydrogens is 635 g/mol. The smallest absolute Gasteiger partial charge is 0.152 e. The van der Waals surface area contributed by atoms with Gasteiger partial charge in [0.15, 0.2) is 5.82 Å². The maximum absolute atomic E-state index is 5.31. The number of hydrogen-bond acceptors (Lipinski definition) is 5. The molecule has 5 rings (SSSR count). The van der Waals surface area contributed by atoms with Gasteiger partial charge in [0.2, 0.25) is 0 Å². The first kappa shape index (κ1) is 38.8. The van der Waals surface area contributed by atoms with E-state index in [9.17, 15) is 0 Å². The summed E-state index contributed by atoms with van der Waals surface area (Å²) >= 11 is 0. The van der Waals surface area contributed by atoms with Crippen molar-refractivity contribution >= 4 is 23.0 Å². The van der Waals surface area contributed by atoms with Gasteiger partial charge >= 0.3 is 0 Å². The molecule has 5 nitrogen and oxygen atoms in total. The first-order valence-electron chi connectivity index (χ1n) is 19.1. The molecule has 0 atom stereocenters. The minimum Gasteiger partial charge on any atom is -0.297 e. The molecular formula is C47H63N5. The van der Waals surface area contributed by atoms with Crippen LogP contribution in [0.2, 0.25) is 0 Å². The van der Waals surface area contributed by atoms with Crippen LogP contribution in [0.1, 0.15) is 106 Å². The van der Waals surface area contributed by atoms with Crippen molar-refractivity contribution in [3.8, 4) is 0 Å². The Balaban J connectivity index is 1.61. The van der Waals surface area contributed by atoms with Gasteiger partial charge in [0.1, 0.15) is 5.82 Å². The molecule has 0 aliphatic carbocycles. The zero-order valence-electron chi connectivity index (χ0n) is 34.1. The summed E-state index contributed by atoms with van der Waals surface area (Å²) in [6.07, 6.45) is 10.4. The van der Waals surface area contributed by atoms with Crippen LogP contribution in [0.25, 0.3) is 0 Å². The fourth-order valence-electron chi connectivity index (χ4n) is 6.95. The third kappa shape index (κ3) is 11.3. The number of pyridine rings is 2. The topological polar surface area (TPSA) is 35.5 Å². The van der Waals surface area contributed by atoms with Gasteiger partial charge in [-0.05, 0) is 119 Å². The summed E-state index contributed by atoms with van der Waals surface area (Å²) in [6, 6.07) is 30.9. The molecule has 2 aromatic heterocycles. The van der Waals surface area contributed by atoms with Gasteiger partial charge in [0.25, 0.3) is 0 Å². The van der Waals surface area contributed by atoms with Crippen molar-refractivity contribution in [3.63, 3.8) is 0 Å². The molecule has 0 radical (unpaired) electrons. The lowest BCUT2D eigenvalue weighted by atomic mass is 9.88.